The van der Waals surface area contributed by atoms with Gasteiger partial charge in [-0.15, -0.1) is 0 Å². The van der Waals surface area contributed by atoms with Crippen molar-refractivity contribution < 1.29 is 18.9 Å². The summed E-state index contributed by atoms with van der Waals surface area (Å²) in [6.45, 7) is 0. The molecule has 3 aromatic rings. The molecular weight excluding hydrogens is 274 g/mol. The molecular formula is C15H9NO5. The maximum absolute atomic E-state index is 11.8. The Balaban J connectivity index is 2.00. The van der Waals surface area contributed by atoms with Gasteiger partial charge in [-0.3, -0.25) is 10.1 Å². The van der Waals surface area contributed by atoms with Crippen LogP contribution < -0.4 is 5.11 Å². The minimum absolute atomic E-state index is 0.0174. The first-order valence-electron chi connectivity index (χ1n) is 6.09. The van der Waals surface area contributed by atoms with Crippen LogP contribution in [0.4, 0.5) is 5.69 Å². The fourth-order valence-corrected chi connectivity index (χ4v) is 1.89. The predicted molar refractivity (Wildman–Crippen MR) is 72.4 cm³/mol. The number of hydrogen-bond acceptors (Lipinski definition) is 4. The van der Waals surface area contributed by atoms with Gasteiger partial charge in [0, 0.05) is 17.7 Å². The molecule has 0 atom stereocenters. The number of nitro benzene ring substituents is 1. The molecule has 0 aliphatic heterocycles. The quantitative estimate of drug-likeness (QED) is 0.417. The molecule has 0 bridgehead atoms. The summed E-state index contributed by atoms with van der Waals surface area (Å²) in [5.41, 5.74) is 1.01. The first-order valence-corrected chi connectivity index (χ1v) is 6.09. The summed E-state index contributed by atoms with van der Waals surface area (Å²) in [6.07, 6.45) is 0. The van der Waals surface area contributed by atoms with Crippen molar-refractivity contribution in [2.24, 2.45) is 0 Å². The summed E-state index contributed by atoms with van der Waals surface area (Å²) < 4.78 is 10.5. The second kappa shape index (κ2) is 5.09. The summed E-state index contributed by atoms with van der Waals surface area (Å²) >= 11 is 0. The van der Waals surface area contributed by atoms with Crippen LogP contribution in [-0.2, 0) is 0 Å². The number of nitro groups is 1. The monoisotopic (exact) mass is 283 g/mol. The van der Waals surface area contributed by atoms with Crippen LogP contribution in [0, 0.1) is 10.1 Å². The Morgan fingerprint density at radius 1 is 0.952 bits per heavy atom. The van der Waals surface area contributed by atoms with Gasteiger partial charge in [-0.05, 0) is 24.3 Å². The molecule has 0 spiro atoms. The maximum Gasteiger partial charge on any atom is 0.382 e. The summed E-state index contributed by atoms with van der Waals surface area (Å²) in [7, 11) is 0. The zero-order valence-electron chi connectivity index (χ0n) is 10.7. The molecule has 0 aliphatic rings. The van der Waals surface area contributed by atoms with E-state index in [-0.39, 0.29) is 17.4 Å². The highest BCUT2D eigenvalue weighted by Gasteiger charge is 2.19. The average molecular weight is 283 g/mol. The Labute approximate surface area is 119 Å². The van der Waals surface area contributed by atoms with Gasteiger partial charge in [0.1, 0.15) is 0 Å². The van der Waals surface area contributed by atoms with Gasteiger partial charge in [0.05, 0.1) is 10.5 Å². The highest BCUT2D eigenvalue weighted by Crippen LogP contribution is 2.35. The van der Waals surface area contributed by atoms with Crippen molar-refractivity contribution in [1.82, 2.24) is 0 Å². The van der Waals surface area contributed by atoms with Crippen LogP contribution in [0.3, 0.4) is 0 Å². The fraction of sp³-hybridized carbons (Fsp3) is 0. The van der Waals surface area contributed by atoms with E-state index in [0.29, 0.717) is 11.1 Å². The largest absolute Gasteiger partial charge is 0.417 e. The van der Waals surface area contributed by atoms with E-state index in [4.69, 9.17) is 8.83 Å². The normalized spacial score (nSPS) is 10.5. The van der Waals surface area contributed by atoms with E-state index in [2.05, 4.69) is 0 Å². The van der Waals surface area contributed by atoms with Crippen molar-refractivity contribution in [3.63, 3.8) is 0 Å². The summed E-state index contributed by atoms with van der Waals surface area (Å²) in [5.74, 6) is -0.500. The Morgan fingerprint density at radius 2 is 1.62 bits per heavy atom. The third-order valence-electron chi connectivity index (χ3n) is 2.92. The zero-order valence-corrected chi connectivity index (χ0v) is 10.7. The Bertz CT molecular complexity index is 778. The van der Waals surface area contributed by atoms with Gasteiger partial charge in [-0.25, -0.2) is 5.11 Å². The standard InChI is InChI=1S/C15H9NO5/c17-14-13(10-6-8-12(9-7-10)16(18)19)20-15(21-14)11-4-2-1-3-5-11/h1-9H. The van der Waals surface area contributed by atoms with E-state index in [1.54, 1.807) is 24.3 Å². The molecule has 1 heterocycles. The van der Waals surface area contributed by atoms with Crippen molar-refractivity contribution in [2.75, 3.05) is 0 Å². The number of hydrogen-bond donors (Lipinski definition) is 0. The van der Waals surface area contributed by atoms with Crippen LogP contribution in [0.1, 0.15) is 0 Å². The second-order valence-corrected chi connectivity index (χ2v) is 4.28. The first kappa shape index (κ1) is 12.9. The van der Waals surface area contributed by atoms with Crippen molar-refractivity contribution >= 4 is 5.69 Å². The molecule has 0 amide bonds. The molecule has 0 saturated heterocycles. The van der Waals surface area contributed by atoms with Crippen LogP contribution in [0.25, 0.3) is 22.8 Å². The highest BCUT2D eigenvalue weighted by molar-refractivity contribution is 5.65. The van der Waals surface area contributed by atoms with Crippen LogP contribution >= 0.6 is 0 Å². The average Bonchev–Trinajstić information content (AvgIpc) is 2.90. The van der Waals surface area contributed by atoms with Crippen LogP contribution in [0.15, 0.2) is 63.4 Å². The lowest BCUT2D eigenvalue weighted by molar-refractivity contribution is -0.384. The second-order valence-electron chi connectivity index (χ2n) is 4.28. The van der Waals surface area contributed by atoms with E-state index in [9.17, 15) is 15.2 Å². The zero-order chi connectivity index (χ0) is 14.8. The van der Waals surface area contributed by atoms with E-state index >= 15 is 0 Å². The third kappa shape index (κ3) is 2.46. The molecule has 0 aliphatic carbocycles. The number of nitrogens with zero attached hydrogens (tertiary/aromatic N) is 1. The Morgan fingerprint density at radius 3 is 2.24 bits per heavy atom. The van der Waals surface area contributed by atoms with Gasteiger partial charge in [0.25, 0.3) is 5.69 Å². The molecule has 0 N–H and O–H groups in total. The van der Waals surface area contributed by atoms with E-state index in [1.807, 2.05) is 6.07 Å². The van der Waals surface area contributed by atoms with Crippen LogP contribution in [0.5, 0.6) is 5.95 Å². The lowest BCUT2D eigenvalue weighted by Crippen LogP contribution is -1.90. The molecule has 6 heteroatoms. The van der Waals surface area contributed by atoms with Gasteiger partial charge < -0.3 is 8.83 Å². The molecule has 0 fully saturated rings. The van der Waals surface area contributed by atoms with Gasteiger partial charge in [-0.2, -0.15) is 0 Å². The van der Waals surface area contributed by atoms with E-state index in [1.165, 1.54) is 24.3 Å². The molecule has 0 radical (unpaired) electrons. The number of benzene rings is 2. The molecule has 2 aromatic carbocycles. The Hall–Kier alpha value is -3.15. The highest BCUT2D eigenvalue weighted by atomic mass is 16.6. The van der Waals surface area contributed by atoms with Gasteiger partial charge >= 0.3 is 11.9 Å². The van der Waals surface area contributed by atoms with E-state index < -0.39 is 10.9 Å². The predicted octanol–water partition coefficient (Wildman–Crippen LogP) is 3.47. The summed E-state index contributed by atoms with van der Waals surface area (Å²) in [5, 5.41) is 22.4. The molecule has 0 saturated carbocycles. The maximum atomic E-state index is 11.8. The van der Waals surface area contributed by atoms with Crippen LogP contribution in [-0.4, -0.2) is 4.92 Å². The molecule has 1 aromatic heterocycles. The van der Waals surface area contributed by atoms with Crippen molar-refractivity contribution in [2.45, 2.75) is 0 Å². The minimum Gasteiger partial charge on any atom is -0.417 e. The first-order chi connectivity index (χ1) is 10.1. The number of non-ortho nitro benzene ring substituents is 1. The third-order valence-corrected chi connectivity index (χ3v) is 2.92. The van der Waals surface area contributed by atoms with Crippen molar-refractivity contribution in [3.8, 4) is 28.8 Å². The van der Waals surface area contributed by atoms with Crippen molar-refractivity contribution in [1.29, 1.82) is 0 Å². The summed E-state index contributed by atoms with van der Waals surface area (Å²) in [6, 6.07) is 14.4. The molecule has 104 valence electrons. The summed E-state index contributed by atoms with van der Waals surface area (Å²) in [4.78, 5) is 10.1. The molecule has 0 unspecified atom stereocenters. The lowest BCUT2D eigenvalue weighted by atomic mass is 10.2. The molecule has 21 heavy (non-hydrogen) atoms. The van der Waals surface area contributed by atoms with Gasteiger partial charge in [0.15, 0.2) is 0 Å². The molecule has 3 rings (SSSR count). The SMILES string of the molecule is O=[N+]([O-])c1ccc(-c2oc(-c3ccccc3)[o+]c2[O-])cc1. The topological polar surface area (TPSA) is 90.6 Å². The smallest absolute Gasteiger partial charge is 0.382 e. The fourth-order valence-electron chi connectivity index (χ4n) is 1.89. The van der Waals surface area contributed by atoms with Gasteiger partial charge in [-0.1, -0.05) is 18.2 Å². The lowest BCUT2D eigenvalue weighted by Gasteiger charge is -1.95. The Kier molecular flexibility index (Phi) is 3.12. The van der Waals surface area contributed by atoms with Crippen LogP contribution in [0.2, 0.25) is 0 Å². The van der Waals surface area contributed by atoms with Crippen molar-refractivity contribution in [3.05, 3.63) is 64.7 Å². The number of rotatable bonds is 3. The van der Waals surface area contributed by atoms with Gasteiger partial charge in [0.2, 0.25) is 5.76 Å². The van der Waals surface area contributed by atoms with E-state index in [0.717, 1.165) is 0 Å². The minimum atomic E-state index is -0.622. The molecule has 6 nitrogen and oxygen atoms in total.